The highest BCUT2D eigenvalue weighted by Crippen LogP contribution is 2.21. The van der Waals surface area contributed by atoms with Gasteiger partial charge in [-0.1, -0.05) is 30.0 Å². The molecule has 6 nitrogen and oxygen atoms in total. The van der Waals surface area contributed by atoms with Crippen LogP contribution in [0.1, 0.15) is 12.8 Å². The Bertz CT molecular complexity index is 720. The maximum Gasteiger partial charge on any atom is 0.229 e. The topological polar surface area (TPSA) is 69.6 Å². The first-order chi connectivity index (χ1) is 12.8. The second kappa shape index (κ2) is 9.59. The van der Waals surface area contributed by atoms with Crippen LogP contribution in [0.5, 0.6) is 0 Å². The maximum atomic E-state index is 12.3. The molecule has 1 amide bonds. The van der Waals surface area contributed by atoms with E-state index in [9.17, 15) is 4.79 Å². The van der Waals surface area contributed by atoms with Crippen molar-refractivity contribution in [3.8, 4) is 0 Å². The Morgan fingerprint density at radius 2 is 2.27 bits per heavy atom. The number of aliphatic imine (C=N–C) groups is 1. The van der Waals surface area contributed by atoms with Gasteiger partial charge in [0.25, 0.3) is 0 Å². The fourth-order valence-electron chi connectivity index (χ4n) is 2.77. The first-order valence-electron chi connectivity index (χ1n) is 8.61. The fraction of sp³-hybridized carbons (Fsp3) is 0.389. The van der Waals surface area contributed by atoms with Gasteiger partial charge in [-0.2, -0.15) is 0 Å². The highest BCUT2D eigenvalue weighted by molar-refractivity contribution is 8.00. The molecule has 1 aromatic carbocycles. The van der Waals surface area contributed by atoms with Crippen LogP contribution in [0.15, 0.2) is 51.2 Å². The van der Waals surface area contributed by atoms with E-state index in [-0.39, 0.29) is 11.9 Å². The number of rotatable bonds is 7. The number of thiazole rings is 1. The molecule has 1 fully saturated rings. The van der Waals surface area contributed by atoms with Crippen LogP contribution < -0.4 is 15.5 Å². The summed E-state index contributed by atoms with van der Waals surface area (Å²) >= 11 is 3.44. The summed E-state index contributed by atoms with van der Waals surface area (Å²) in [5.74, 6) is 1.90. The molecule has 0 spiro atoms. The zero-order valence-corrected chi connectivity index (χ0v) is 16.4. The lowest BCUT2D eigenvalue weighted by Gasteiger charge is -2.19. The second-order valence-corrected chi connectivity index (χ2v) is 8.12. The van der Waals surface area contributed by atoms with E-state index in [0.717, 1.165) is 34.7 Å². The molecule has 2 N–H and O–H groups in total. The molecule has 1 aliphatic rings. The Morgan fingerprint density at radius 3 is 3.00 bits per heavy atom. The number of aromatic nitrogens is 1. The second-order valence-electron chi connectivity index (χ2n) is 5.88. The van der Waals surface area contributed by atoms with Crippen molar-refractivity contribution in [3.05, 3.63) is 41.9 Å². The van der Waals surface area contributed by atoms with E-state index < -0.39 is 0 Å². The number of hydrogen-bond donors (Lipinski definition) is 2. The quantitative estimate of drug-likeness (QED) is 0.330. The van der Waals surface area contributed by atoms with Gasteiger partial charge >= 0.3 is 0 Å². The van der Waals surface area contributed by atoms with Crippen molar-refractivity contribution in [1.82, 2.24) is 15.6 Å². The molecule has 0 radical (unpaired) electrons. The normalized spacial score (nSPS) is 17.6. The SMILES string of the molecule is CN=C(NCCCSc1nccs1)NC1CC(=O)N(c2ccccc2)C1. The van der Waals surface area contributed by atoms with Crippen molar-refractivity contribution in [1.29, 1.82) is 0 Å². The summed E-state index contributed by atoms with van der Waals surface area (Å²) in [6.07, 6.45) is 3.33. The van der Waals surface area contributed by atoms with Crippen molar-refractivity contribution in [2.24, 2.45) is 4.99 Å². The lowest BCUT2D eigenvalue weighted by Crippen LogP contribution is -2.44. The lowest BCUT2D eigenvalue weighted by molar-refractivity contribution is -0.117. The number of para-hydroxylation sites is 1. The summed E-state index contributed by atoms with van der Waals surface area (Å²) in [5.41, 5.74) is 0.948. The third-order valence-corrected chi connectivity index (χ3v) is 6.06. The lowest BCUT2D eigenvalue weighted by atomic mass is 10.2. The van der Waals surface area contributed by atoms with Crippen molar-refractivity contribution in [2.75, 3.05) is 30.8 Å². The van der Waals surface area contributed by atoms with E-state index >= 15 is 0 Å². The Kier molecular flexibility index (Phi) is 6.90. The molecule has 138 valence electrons. The number of carbonyl (C=O) groups is 1. The minimum atomic E-state index is 0.0681. The van der Waals surface area contributed by atoms with Crippen LogP contribution in [0.3, 0.4) is 0 Å². The number of guanidine groups is 1. The number of benzene rings is 1. The van der Waals surface area contributed by atoms with Gasteiger partial charge in [0.05, 0.1) is 6.04 Å². The Balaban J connectivity index is 1.40. The molecule has 0 saturated carbocycles. The zero-order valence-electron chi connectivity index (χ0n) is 14.7. The van der Waals surface area contributed by atoms with Gasteiger partial charge in [-0.25, -0.2) is 4.98 Å². The average molecular weight is 390 g/mol. The smallest absolute Gasteiger partial charge is 0.229 e. The van der Waals surface area contributed by atoms with Gasteiger partial charge in [-0.3, -0.25) is 9.79 Å². The Hall–Kier alpha value is -2.06. The maximum absolute atomic E-state index is 12.3. The van der Waals surface area contributed by atoms with Gasteiger partial charge in [-0.05, 0) is 18.6 Å². The number of anilines is 1. The van der Waals surface area contributed by atoms with Crippen LogP contribution >= 0.6 is 23.1 Å². The predicted octanol–water partition coefficient (Wildman–Crippen LogP) is 2.60. The summed E-state index contributed by atoms with van der Waals surface area (Å²) < 4.78 is 1.11. The van der Waals surface area contributed by atoms with Gasteiger partial charge in [0, 0.05) is 49.6 Å². The summed E-state index contributed by atoms with van der Waals surface area (Å²) in [6.45, 7) is 1.49. The molecule has 0 aliphatic carbocycles. The average Bonchev–Trinajstić information content (AvgIpc) is 3.30. The van der Waals surface area contributed by atoms with E-state index in [4.69, 9.17) is 0 Å². The summed E-state index contributed by atoms with van der Waals surface area (Å²) in [4.78, 5) is 22.6. The summed E-state index contributed by atoms with van der Waals surface area (Å²) in [7, 11) is 1.76. The van der Waals surface area contributed by atoms with Crippen LogP contribution in [0, 0.1) is 0 Å². The number of carbonyl (C=O) groups excluding carboxylic acids is 1. The summed E-state index contributed by atoms with van der Waals surface area (Å²) in [6, 6.07) is 9.86. The molecule has 2 aromatic rings. The van der Waals surface area contributed by atoms with Crippen LogP contribution in [0.4, 0.5) is 5.69 Å². The van der Waals surface area contributed by atoms with E-state index in [0.29, 0.717) is 13.0 Å². The van der Waals surface area contributed by atoms with Gasteiger partial charge in [0.1, 0.15) is 4.34 Å². The number of nitrogens with one attached hydrogen (secondary N) is 2. The van der Waals surface area contributed by atoms with E-state index in [1.54, 1.807) is 30.1 Å². The minimum absolute atomic E-state index is 0.0681. The summed E-state index contributed by atoms with van der Waals surface area (Å²) in [5, 5.41) is 8.68. The van der Waals surface area contributed by atoms with Crippen LogP contribution in [0.2, 0.25) is 0 Å². The molecular formula is C18H23N5OS2. The first kappa shape index (κ1) is 18.7. The Morgan fingerprint density at radius 1 is 1.42 bits per heavy atom. The number of hydrogen-bond acceptors (Lipinski definition) is 5. The number of amides is 1. The van der Waals surface area contributed by atoms with Gasteiger partial charge in [0.2, 0.25) is 5.91 Å². The van der Waals surface area contributed by atoms with Gasteiger partial charge in [-0.15, -0.1) is 11.3 Å². The van der Waals surface area contributed by atoms with Crippen LogP contribution in [-0.4, -0.2) is 48.8 Å². The molecule has 0 bridgehead atoms. The molecule has 3 rings (SSSR count). The van der Waals surface area contributed by atoms with Crippen LogP contribution in [0.25, 0.3) is 0 Å². The van der Waals surface area contributed by atoms with Crippen molar-refractivity contribution in [2.45, 2.75) is 23.2 Å². The molecule has 1 unspecified atom stereocenters. The molecule has 26 heavy (non-hydrogen) atoms. The Labute approximate surface area is 162 Å². The third-order valence-electron chi connectivity index (χ3n) is 4.01. The number of nitrogens with zero attached hydrogens (tertiary/aromatic N) is 3. The standard InChI is InChI=1S/C18H23N5OS2/c1-19-17(20-8-5-10-25-18-21-9-11-26-18)22-14-12-16(24)23(13-14)15-6-3-2-4-7-15/h2-4,6-7,9,11,14H,5,8,10,12-13H2,1H3,(H2,19,20,22). The molecule has 1 aliphatic heterocycles. The van der Waals surface area contributed by atoms with Crippen molar-refractivity contribution >= 4 is 40.7 Å². The molecule has 1 saturated heterocycles. The number of thioether (sulfide) groups is 1. The highest BCUT2D eigenvalue weighted by atomic mass is 32.2. The largest absolute Gasteiger partial charge is 0.356 e. The predicted molar refractivity (Wildman–Crippen MR) is 109 cm³/mol. The molecule has 1 aromatic heterocycles. The minimum Gasteiger partial charge on any atom is -0.356 e. The molecule has 2 heterocycles. The molecule has 1 atom stereocenters. The van der Waals surface area contributed by atoms with Crippen molar-refractivity contribution < 1.29 is 4.79 Å². The van der Waals surface area contributed by atoms with Crippen molar-refractivity contribution in [3.63, 3.8) is 0 Å². The zero-order chi connectivity index (χ0) is 18.2. The van der Waals surface area contributed by atoms with Gasteiger partial charge in [0.15, 0.2) is 5.96 Å². The van der Waals surface area contributed by atoms with E-state index in [1.807, 2.05) is 46.8 Å². The van der Waals surface area contributed by atoms with Crippen LogP contribution in [-0.2, 0) is 4.79 Å². The van der Waals surface area contributed by atoms with E-state index in [1.165, 1.54) is 0 Å². The van der Waals surface area contributed by atoms with Gasteiger partial charge < -0.3 is 15.5 Å². The monoisotopic (exact) mass is 389 g/mol. The molecule has 8 heteroatoms. The first-order valence-corrected chi connectivity index (χ1v) is 10.5. The highest BCUT2D eigenvalue weighted by Gasteiger charge is 2.30. The fourth-order valence-corrected chi connectivity index (χ4v) is 4.42. The molecular weight excluding hydrogens is 366 g/mol. The third kappa shape index (κ3) is 5.22. The van der Waals surface area contributed by atoms with E-state index in [2.05, 4.69) is 20.6 Å².